The Bertz CT molecular complexity index is 628. The topological polar surface area (TPSA) is 55.1 Å². The fraction of sp³-hybridized carbons (Fsp3) is 0. The molecule has 2 aromatic rings. The van der Waals surface area contributed by atoms with Crippen LogP contribution in [0.1, 0.15) is 10.4 Å². The summed E-state index contributed by atoms with van der Waals surface area (Å²) in [7, 11) is 0. The first kappa shape index (κ1) is 13.8. The summed E-state index contributed by atoms with van der Waals surface area (Å²) in [4.78, 5) is 12.0. The summed E-state index contributed by atoms with van der Waals surface area (Å²) in [5.74, 6) is -1.28. The van der Waals surface area contributed by atoms with Gasteiger partial charge in [-0.25, -0.2) is 4.39 Å². The first-order valence-electron chi connectivity index (χ1n) is 5.29. The molecule has 0 radical (unpaired) electrons. The molecule has 19 heavy (non-hydrogen) atoms. The standard InChI is InChI=1S/C13H9BrClFN2O/c14-8-6-7(4-5-11(8)17)18-13(19)12-9(15)2-1-3-10(12)16/h1-6H,17H2,(H,18,19). The lowest BCUT2D eigenvalue weighted by Gasteiger charge is -2.08. The molecule has 2 rings (SSSR count). The molecule has 0 unspecified atom stereocenters. The van der Waals surface area contributed by atoms with E-state index < -0.39 is 11.7 Å². The van der Waals surface area contributed by atoms with Crippen LogP contribution in [-0.4, -0.2) is 5.91 Å². The second-order valence-electron chi connectivity index (χ2n) is 3.79. The van der Waals surface area contributed by atoms with Gasteiger partial charge >= 0.3 is 0 Å². The number of carbonyl (C=O) groups excluding carboxylic acids is 1. The summed E-state index contributed by atoms with van der Waals surface area (Å²) < 4.78 is 14.2. The van der Waals surface area contributed by atoms with Crippen molar-refractivity contribution in [2.24, 2.45) is 0 Å². The minimum Gasteiger partial charge on any atom is -0.398 e. The Morgan fingerprint density at radius 3 is 2.68 bits per heavy atom. The highest BCUT2D eigenvalue weighted by Crippen LogP contribution is 2.25. The summed E-state index contributed by atoms with van der Waals surface area (Å²) in [6.45, 7) is 0. The Labute approximate surface area is 122 Å². The van der Waals surface area contributed by atoms with Gasteiger partial charge in [0.25, 0.3) is 5.91 Å². The molecular weight excluding hydrogens is 335 g/mol. The molecule has 0 aliphatic rings. The Morgan fingerprint density at radius 1 is 1.32 bits per heavy atom. The predicted molar refractivity (Wildman–Crippen MR) is 77.9 cm³/mol. The van der Waals surface area contributed by atoms with E-state index in [0.29, 0.717) is 15.8 Å². The van der Waals surface area contributed by atoms with Crippen molar-refractivity contribution in [3.05, 3.63) is 57.3 Å². The first-order chi connectivity index (χ1) is 8.99. The number of nitrogens with one attached hydrogen (secondary N) is 1. The van der Waals surface area contributed by atoms with E-state index in [4.69, 9.17) is 17.3 Å². The highest BCUT2D eigenvalue weighted by atomic mass is 79.9. The van der Waals surface area contributed by atoms with Crippen LogP contribution in [0.15, 0.2) is 40.9 Å². The van der Waals surface area contributed by atoms with Crippen LogP contribution in [0, 0.1) is 5.82 Å². The lowest BCUT2D eigenvalue weighted by molar-refractivity contribution is 0.102. The lowest BCUT2D eigenvalue weighted by atomic mass is 10.2. The molecule has 0 spiro atoms. The van der Waals surface area contributed by atoms with Gasteiger partial charge in [-0.2, -0.15) is 0 Å². The predicted octanol–water partition coefficient (Wildman–Crippen LogP) is 4.08. The molecule has 0 saturated carbocycles. The van der Waals surface area contributed by atoms with Crippen LogP contribution in [0.25, 0.3) is 0 Å². The molecule has 0 atom stereocenters. The second kappa shape index (κ2) is 5.59. The highest BCUT2D eigenvalue weighted by Gasteiger charge is 2.15. The van der Waals surface area contributed by atoms with Gasteiger partial charge in [-0.05, 0) is 46.3 Å². The van der Waals surface area contributed by atoms with E-state index in [1.54, 1.807) is 18.2 Å². The second-order valence-corrected chi connectivity index (χ2v) is 5.05. The molecule has 0 aliphatic carbocycles. The smallest absolute Gasteiger partial charge is 0.260 e. The maximum atomic E-state index is 13.6. The van der Waals surface area contributed by atoms with Crippen molar-refractivity contribution < 1.29 is 9.18 Å². The Balaban J connectivity index is 2.28. The average molecular weight is 344 g/mol. The van der Waals surface area contributed by atoms with Gasteiger partial charge < -0.3 is 11.1 Å². The molecule has 0 fully saturated rings. The van der Waals surface area contributed by atoms with E-state index in [1.807, 2.05) is 0 Å². The van der Waals surface area contributed by atoms with Crippen molar-refractivity contribution in [1.29, 1.82) is 0 Å². The number of nitrogens with two attached hydrogens (primary N) is 1. The number of hydrogen-bond donors (Lipinski definition) is 2. The maximum Gasteiger partial charge on any atom is 0.260 e. The fourth-order valence-corrected chi connectivity index (χ4v) is 2.14. The van der Waals surface area contributed by atoms with Crippen LogP contribution < -0.4 is 11.1 Å². The number of amides is 1. The van der Waals surface area contributed by atoms with E-state index in [0.717, 1.165) is 0 Å². The van der Waals surface area contributed by atoms with E-state index >= 15 is 0 Å². The van der Waals surface area contributed by atoms with Crippen molar-refractivity contribution in [3.8, 4) is 0 Å². The first-order valence-corrected chi connectivity index (χ1v) is 6.46. The van der Waals surface area contributed by atoms with Gasteiger partial charge in [0.2, 0.25) is 0 Å². The molecular formula is C13H9BrClFN2O. The van der Waals surface area contributed by atoms with Crippen molar-refractivity contribution >= 4 is 44.8 Å². The van der Waals surface area contributed by atoms with Crippen LogP contribution in [0.5, 0.6) is 0 Å². The van der Waals surface area contributed by atoms with Crippen molar-refractivity contribution in [3.63, 3.8) is 0 Å². The number of hydrogen-bond acceptors (Lipinski definition) is 2. The number of rotatable bonds is 2. The van der Waals surface area contributed by atoms with Crippen molar-refractivity contribution in [2.75, 3.05) is 11.1 Å². The van der Waals surface area contributed by atoms with Gasteiger partial charge in [-0.3, -0.25) is 4.79 Å². The quantitative estimate of drug-likeness (QED) is 0.807. The van der Waals surface area contributed by atoms with E-state index in [2.05, 4.69) is 21.2 Å². The third-order valence-corrected chi connectivity index (χ3v) is 3.45. The molecule has 98 valence electrons. The molecule has 0 bridgehead atoms. The fourth-order valence-electron chi connectivity index (χ4n) is 1.51. The van der Waals surface area contributed by atoms with Gasteiger partial charge in [0.15, 0.2) is 0 Å². The van der Waals surface area contributed by atoms with E-state index in [1.165, 1.54) is 18.2 Å². The zero-order chi connectivity index (χ0) is 14.0. The van der Waals surface area contributed by atoms with Gasteiger partial charge in [-0.1, -0.05) is 17.7 Å². The molecule has 2 aromatic carbocycles. The van der Waals surface area contributed by atoms with E-state index in [9.17, 15) is 9.18 Å². The van der Waals surface area contributed by atoms with Crippen LogP contribution in [-0.2, 0) is 0 Å². The number of benzene rings is 2. The summed E-state index contributed by atoms with van der Waals surface area (Å²) in [6, 6.07) is 8.95. The molecule has 1 amide bonds. The zero-order valence-corrected chi connectivity index (χ0v) is 11.9. The van der Waals surface area contributed by atoms with E-state index in [-0.39, 0.29) is 10.6 Å². The third-order valence-electron chi connectivity index (χ3n) is 2.45. The largest absolute Gasteiger partial charge is 0.398 e. The van der Waals surface area contributed by atoms with Crippen molar-refractivity contribution in [2.45, 2.75) is 0 Å². The average Bonchev–Trinajstić information content (AvgIpc) is 2.33. The molecule has 0 heterocycles. The maximum absolute atomic E-state index is 13.6. The molecule has 3 N–H and O–H groups in total. The summed E-state index contributed by atoms with van der Waals surface area (Å²) in [6.07, 6.45) is 0. The molecule has 0 saturated heterocycles. The van der Waals surface area contributed by atoms with Crippen LogP contribution in [0.4, 0.5) is 15.8 Å². The van der Waals surface area contributed by atoms with Gasteiger partial charge in [0.05, 0.1) is 10.6 Å². The van der Waals surface area contributed by atoms with Crippen LogP contribution in [0.2, 0.25) is 5.02 Å². The normalized spacial score (nSPS) is 10.3. The monoisotopic (exact) mass is 342 g/mol. The number of nitrogen functional groups attached to an aromatic ring is 1. The lowest BCUT2D eigenvalue weighted by Crippen LogP contribution is -2.14. The Kier molecular flexibility index (Phi) is 4.07. The SMILES string of the molecule is Nc1ccc(NC(=O)c2c(F)cccc2Cl)cc1Br. The Hall–Kier alpha value is -1.59. The van der Waals surface area contributed by atoms with Crippen molar-refractivity contribution in [1.82, 2.24) is 0 Å². The van der Waals surface area contributed by atoms with Crippen LogP contribution in [0.3, 0.4) is 0 Å². The molecule has 3 nitrogen and oxygen atoms in total. The molecule has 6 heteroatoms. The number of anilines is 2. The highest BCUT2D eigenvalue weighted by molar-refractivity contribution is 9.10. The third kappa shape index (κ3) is 3.05. The minimum absolute atomic E-state index is 0.0620. The molecule has 0 aliphatic heterocycles. The van der Waals surface area contributed by atoms with Gasteiger partial charge in [0, 0.05) is 15.8 Å². The van der Waals surface area contributed by atoms with Crippen LogP contribution >= 0.6 is 27.5 Å². The summed E-state index contributed by atoms with van der Waals surface area (Å²) >= 11 is 9.06. The number of carbonyl (C=O) groups is 1. The minimum atomic E-state index is -0.667. The Morgan fingerprint density at radius 2 is 2.05 bits per heavy atom. The van der Waals surface area contributed by atoms with Gasteiger partial charge in [-0.15, -0.1) is 0 Å². The number of halogens is 3. The molecule has 0 aromatic heterocycles. The zero-order valence-electron chi connectivity index (χ0n) is 9.58. The van der Waals surface area contributed by atoms with Gasteiger partial charge in [0.1, 0.15) is 5.82 Å². The summed E-state index contributed by atoms with van der Waals surface area (Å²) in [5, 5.41) is 2.62. The summed E-state index contributed by atoms with van der Waals surface area (Å²) in [5.41, 5.74) is 6.49.